The van der Waals surface area contributed by atoms with Crippen LogP contribution in [0, 0.1) is 12.8 Å². The van der Waals surface area contributed by atoms with Gasteiger partial charge >= 0.3 is 0 Å². The van der Waals surface area contributed by atoms with Crippen molar-refractivity contribution in [3.8, 4) is 0 Å². The molecule has 4 nitrogen and oxygen atoms in total. The predicted molar refractivity (Wildman–Crippen MR) is 62.3 cm³/mol. The van der Waals surface area contributed by atoms with Crippen LogP contribution in [-0.4, -0.2) is 30.5 Å². The molecule has 2 N–H and O–H groups in total. The van der Waals surface area contributed by atoms with Crippen LogP contribution in [0.4, 0.5) is 0 Å². The predicted octanol–water partition coefficient (Wildman–Crippen LogP) is 0.729. The molecule has 4 heteroatoms. The minimum absolute atomic E-state index is 0.0735. The number of pyridine rings is 1. The quantitative estimate of drug-likeness (QED) is 0.788. The molecule has 0 bridgehead atoms. The lowest BCUT2D eigenvalue weighted by Gasteiger charge is -2.09. The number of hydrogen-bond acceptors (Lipinski definition) is 3. The van der Waals surface area contributed by atoms with Crippen molar-refractivity contribution in [3.05, 3.63) is 29.6 Å². The van der Waals surface area contributed by atoms with Crippen molar-refractivity contribution < 1.29 is 4.79 Å². The minimum Gasteiger partial charge on any atom is -0.350 e. The zero-order chi connectivity index (χ0) is 11.4. The van der Waals surface area contributed by atoms with Crippen molar-refractivity contribution in [1.29, 1.82) is 0 Å². The van der Waals surface area contributed by atoms with Gasteiger partial charge in [-0.05, 0) is 44.5 Å². The van der Waals surface area contributed by atoms with E-state index in [1.807, 2.05) is 19.1 Å². The molecule has 2 rings (SSSR count). The van der Waals surface area contributed by atoms with E-state index in [0.29, 0.717) is 11.6 Å². The Balaban J connectivity index is 1.87. The van der Waals surface area contributed by atoms with Gasteiger partial charge in [0.15, 0.2) is 0 Å². The molecule has 0 spiro atoms. The number of carbonyl (C=O) groups excluding carboxylic acids is 1. The van der Waals surface area contributed by atoms with Crippen LogP contribution in [0.1, 0.15) is 22.6 Å². The van der Waals surface area contributed by atoms with Crippen molar-refractivity contribution in [2.75, 3.05) is 19.6 Å². The van der Waals surface area contributed by atoms with Crippen LogP contribution in [0.25, 0.3) is 0 Å². The number of aryl methyl sites for hydroxylation is 1. The summed E-state index contributed by atoms with van der Waals surface area (Å²) >= 11 is 0. The molecule has 1 fully saturated rings. The molecule has 1 unspecified atom stereocenters. The fraction of sp³-hybridized carbons (Fsp3) is 0.500. The number of nitrogens with zero attached hydrogens (tertiary/aromatic N) is 1. The van der Waals surface area contributed by atoms with Crippen molar-refractivity contribution in [2.45, 2.75) is 13.3 Å². The van der Waals surface area contributed by atoms with Crippen LogP contribution in [-0.2, 0) is 0 Å². The second-order valence-electron chi connectivity index (χ2n) is 4.23. The third kappa shape index (κ3) is 2.79. The first kappa shape index (κ1) is 11.1. The lowest BCUT2D eigenvalue weighted by Crippen LogP contribution is -2.30. The van der Waals surface area contributed by atoms with E-state index in [-0.39, 0.29) is 5.91 Å². The van der Waals surface area contributed by atoms with Gasteiger partial charge in [-0.1, -0.05) is 6.07 Å². The van der Waals surface area contributed by atoms with E-state index in [9.17, 15) is 4.79 Å². The zero-order valence-corrected chi connectivity index (χ0v) is 9.49. The Hall–Kier alpha value is -1.42. The average molecular weight is 219 g/mol. The molecule has 1 amide bonds. The molecular weight excluding hydrogens is 202 g/mol. The van der Waals surface area contributed by atoms with Gasteiger partial charge in [-0.25, -0.2) is 4.98 Å². The maximum Gasteiger partial charge on any atom is 0.269 e. The molecule has 1 saturated heterocycles. The second-order valence-corrected chi connectivity index (χ2v) is 4.23. The van der Waals surface area contributed by atoms with Crippen molar-refractivity contribution >= 4 is 5.91 Å². The molecule has 1 aromatic rings. The second kappa shape index (κ2) is 5.07. The van der Waals surface area contributed by atoms with E-state index in [4.69, 9.17) is 0 Å². The Morgan fingerprint density at radius 2 is 2.50 bits per heavy atom. The van der Waals surface area contributed by atoms with Gasteiger partial charge in [-0.15, -0.1) is 0 Å². The summed E-state index contributed by atoms with van der Waals surface area (Å²) in [4.78, 5) is 16.0. The van der Waals surface area contributed by atoms with Crippen LogP contribution in [0.2, 0.25) is 0 Å². The third-order valence-electron chi connectivity index (χ3n) is 2.83. The number of aromatic nitrogens is 1. The van der Waals surface area contributed by atoms with Gasteiger partial charge in [0.25, 0.3) is 5.91 Å². The Morgan fingerprint density at radius 1 is 1.62 bits per heavy atom. The van der Waals surface area contributed by atoms with Gasteiger partial charge in [0.05, 0.1) is 0 Å². The number of amides is 1. The maximum absolute atomic E-state index is 11.8. The molecule has 1 atom stereocenters. The van der Waals surface area contributed by atoms with Gasteiger partial charge in [-0.3, -0.25) is 4.79 Å². The summed E-state index contributed by atoms with van der Waals surface area (Å²) < 4.78 is 0. The minimum atomic E-state index is -0.0735. The average Bonchev–Trinajstić information content (AvgIpc) is 2.78. The first-order chi connectivity index (χ1) is 7.75. The highest BCUT2D eigenvalue weighted by molar-refractivity contribution is 5.92. The molecule has 1 aliphatic heterocycles. The molecule has 0 aliphatic carbocycles. The molecule has 0 saturated carbocycles. The van der Waals surface area contributed by atoms with E-state index in [1.54, 1.807) is 6.07 Å². The van der Waals surface area contributed by atoms with E-state index in [2.05, 4.69) is 15.6 Å². The third-order valence-corrected chi connectivity index (χ3v) is 2.83. The van der Waals surface area contributed by atoms with Gasteiger partial charge < -0.3 is 10.6 Å². The largest absolute Gasteiger partial charge is 0.350 e. The summed E-state index contributed by atoms with van der Waals surface area (Å²) in [7, 11) is 0. The molecule has 1 aromatic heterocycles. The highest BCUT2D eigenvalue weighted by atomic mass is 16.1. The van der Waals surface area contributed by atoms with Crippen LogP contribution in [0.3, 0.4) is 0 Å². The van der Waals surface area contributed by atoms with Gasteiger partial charge in [-0.2, -0.15) is 0 Å². The Labute approximate surface area is 95.5 Å². The van der Waals surface area contributed by atoms with E-state index in [1.165, 1.54) is 0 Å². The SMILES string of the molecule is Cc1cccc(C(=O)NCC2CCNC2)n1. The van der Waals surface area contributed by atoms with Gasteiger partial charge in [0.1, 0.15) is 5.69 Å². The molecule has 0 aromatic carbocycles. The van der Waals surface area contributed by atoms with Crippen LogP contribution in [0.5, 0.6) is 0 Å². The summed E-state index contributed by atoms with van der Waals surface area (Å²) in [6, 6.07) is 5.49. The number of rotatable bonds is 3. The summed E-state index contributed by atoms with van der Waals surface area (Å²) in [6.45, 7) is 4.68. The van der Waals surface area contributed by atoms with Crippen molar-refractivity contribution in [2.24, 2.45) is 5.92 Å². The molecule has 16 heavy (non-hydrogen) atoms. The number of nitrogens with one attached hydrogen (secondary N) is 2. The molecule has 86 valence electrons. The fourth-order valence-electron chi connectivity index (χ4n) is 1.89. The highest BCUT2D eigenvalue weighted by Gasteiger charge is 2.15. The number of hydrogen-bond donors (Lipinski definition) is 2. The molecule has 0 radical (unpaired) electrons. The summed E-state index contributed by atoms with van der Waals surface area (Å²) in [5.74, 6) is 0.490. The van der Waals surface area contributed by atoms with E-state index in [0.717, 1.165) is 31.7 Å². The topological polar surface area (TPSA) is 54.0 Å². The standard InChI is InChI=1S/C12H17N3O/c1-9-3-2-4-11(15-9)12(16)14-8-10-5-6-13-7-10/h2-4,10,13H,5-8H2,1H3,(H,14,16). The summed E-state index contributed by atoms with van der Waals surface area (Å²) in [5.41, 5.74) is 1.38. The van der Waals surface area contributed by atoms with Gasteiger partial charge in [0.2, 0.25) is 0 Å². The van der Waals surface area contributed by atoms with E-state index < -0.39 is 0 Å². The maximum atomic E-state index is 11.8. The first-order valence-electron chi connectivity index (χ1n) is 5.68. The lowest BCUT2D eigenvalue weighted by atomic mass is 10.1. The molecule has 2 heterocycles. The van der Waals surface area contributed by atoms with Crippen LogP contribution >= 0.6 is 0 Å². The zero-order valence-electron chi connectivity index (χ0n) is 9.49. The summed E-state index contributed by atoms with van der Waals surface area (Å²) in [5, 5.41) is 6.20. The van der Waals surface area contributed by atoms with Crippen molar-refractivity contribution in [3.63, 3.8) is 0 Å². The Bertz CT molecular complexity index is 372. The first-order valence-corrected chi connectivity index (χ1v) is 5.68. The van der Waals surface area contributed by atoms with Crippen LogP contribution in [0.15, 0.2) is 18.2 Å². The Kier molecular flexibility index (Phi) is 3.51. The molecule has 1 aliphatic rings. The highest BCUT2D eigenvalue weighted by Crippen LogP contribution is 2.06. The smallest absolute Gasteiger partial charge is 0.269 e. The van der Waals surface area contributed by atoms with Crippen LogP contribution < -0.4 is 10.6 Å². The monoisotopic (exact) mass is 219 g/mol. The lowest BCUT2D eigenvalue weighted by molar-refractivity contribution is 0.0943. The normalized spacial score (nSPS) is 19.7. The molecular formula is C12H17N3O. The number of carbonyl (C=O) groups is 1. The van der Waals surface area contributed by atoms with Crippen molar-refractivity contribution in [1.82, 2.24) is 15.6 Å². The Morgan fingerprint density at radius 3 is 3.19 bits per heavy atom. The van der Waals surface area contributed by atoms with E-state index >= 15 is 0 Å². The van der Waals surface area contributed by atoms with Gasteiger partial charge in [0, 0.05) is 12.2 Å². The summed E-state index contributed by atoms with van der Waals surface area (Å²) in [6.07, 6.45) is 1.14. The fourth-order valence-corrected chi connectivity index (χ4v) is 1.89.